The van der Waals surface area contributed by atoms with Gasteiger partial charge in [0.15, 0.2) is 0 Å². The van der Waals surface area contributed by atoms with Crippen LogP contribution < -0.4 is 5.32 Å². The Morgan fingerprint density at radius 1 is 1.09 bits per heavy atom. The molecule has 1 N–H and O–H groups in total. The number of hydrogen-bond donors (Lipinski definition) is 1. The average molecular weight is 326 g/mol. The van der Waals surface area contributed by atoms with E-state index in [-0.39, 0.29) is 0 Å². The lowest BCUT2D eigenvalue weighted by Gasteiger charge is -2.17. The number of alkyl halides is 6. The molecule has 22 heavy (non-hydrogen) atoms. The fourth-order valence-electron chi connectivity index (χ4n) is 1.55. The number of nitrogens with zero attached hydrogens (tertiary/aromatic N) is 1. The van der Waals surface area contributed by atoms with Gasteiger partial charge in [0.25, 0.3) is 5.91 Å². The van der Waals surface area contributed by atoms with Crippen LogP contribution in [0.4, 0.5) is 32.0 Å². The first-order valence-corrected chi connectivity index (χ1v) is 5.86. The summed E-state index contributed by atoms with van der Waals surface area (Å²) in [7, 11) is 2.51. The van der Waals surface area contributed by atoms with Crippen molar-refractivity contribution in [1.29, 1.82) is 0 Å². The normalized spacial score (nSPS) is 13.0. The second-order valence-corrected chi connectivity index (χ2v) is 4.50. The largest absolute Gasteiger partial charge is 0.423 e. The third-order valence-corrected chi connectivity index (χ3v) is 2.42. The van der Waals surface area contributed by atoms with E-state index in [1.165, 1.54) is 20.2 Å². The van der Waals surface area contributed by atoms with Gasteiger partial charge >= 0.3 is 12.4 Å². The van der Waals surface area contributed by atoms with E-state index in [1.807, 2.05) is 0 Å². The highest BCUT2D eigenvalue weighted by molar-refractivity contribution is 6.05. The lowest BCUT2D eigenvalue weighted by atomic mass is 10.1. The van der Waals surface area contributed by atoms with Gasteiger partial charge in [0.05, 0.1) is 11.3 Å². The zero-order valence-electron chi connectivity index (χ0n) is 11.5. The van der Waals surface area contributed by atoms with E-state index in [1.54, 1.807) is 5.32 Å². The van der Waals surface area contributed by atoms with Crippen molar-refractivity contribution in [2.45, 2.75) is 12.4 Å². The highest BCUT2D eigenvalue weighted by Gasteiger charge is 2.40. The summed E-state index contributed by atoms with van der Waals surface area (Å²) in [4.78, 5) is 12.7. The number of halogens is 6. The molecule has 0 radical (unpaired) electrons. The van der Waals surface area contributed by atoms with Crippen molar-refractivity contribution in [2.24, 2.45) is 0 Å². The fourth-order valence-corrected chi connectivity index (χ4v) is 1.55. The molecule has 0 aliphatic heterocycles. The van der Waals surface area contributed by atoms with Gasteiger partial charge in [-0.25, -0.2) is 0 Å². The minimum absolute atomic E-state index is 0.492. The maximum absolute atomic E-state index is 12.8. The molecule has 0 aliphatic carbocycles. The molecule has 0 fully saturated rings. The van der Waals surface area contributed by atoms with Crippen LogP contribution in [-0.2, 0) is 11.0 Å². The maximum Gasteiger partial charge on any atom is 0.423 e. The molecule has 0 saturated carbocycles. The van der Waals surface area contributed by atoms with Crippen molar-refractivity contribution < 1.29 is 31.1 Å². The molecule has 0 bridgehead atoms. The van der Waals surface area contributed by atoms with Crippen molar-refractivity contribution in [3.8, 4) is 0 Å². The minimum Gasteiger partial charge on any atom is -0.383 e. The summed E-state index contributed by atoms with van der Waals surface area (Å²) in [5.74, 6) is -1.67. The molecule has 0 atom stereocenters. The third-order valence-electron chi connectivity index (χ3n) is 2.42. The monoisotopic (exact) mass is 326 g/mol. The van der Waals surface area contributed by atoms with E-state index in [4.69, 9.17) is 0 Å². The number of carbonyl (C=O) groups is 1. The molecule has 122 valence electrons. The van der Waals surface area contributed by atoms with Gasteiger partial charge in [-0.05, 0) is 12.1 Å². The summed E-state index contributed by atoms with van der Waals surface area (Å²) in [6.45, 7) is 0. The summed E-state index contributed by atoms with van der Waals surface area (Å²) >= 11 is 0. The molecule has 1 amide bonds. The van der Waals surface area contributed by atoms with Crippen LogP contribution in [0, 0.1) is 0 Å². The highest BCUT2D eigenvalue weighted by Crippen LogP contribution is 2.35. The summed E-state index contributed by atoms with van der Waals surface area (Å²) in [6.07, 6.45) is -9.30. The molecular weight excluding hydrogens is 314 g/mol. The van der Waals surface area contributed by atoms with E-state index in [9.17, 15) is 31.1 Å². The Balaban J connectivity index is 3.17. The number of benzene rings is 1. The Bertz CT molecular complexity index is 575. The first-order chi connectivity index (χ1) is 9.93. The van der Waals surface area contributed by atoms with Crippen LogP contribution in [0.1, 0.15) is 5.56 Å². The van der Waals surface area contributed by atoms with E-state index in [0.29, 0.717) is 12.3 Å². The number of nitrogens with one attached hydrogen (secondary N) is 1. The van der Waals surface area contributed by atoms with E-state index < -0.39 is 35.1 Å². The topological polar surface area (TPSA) is 32.3 Å². The van der Waals surface area contributed by atoms with Crippen LogP contribution in [0.15, 0.2) is 36.0 Å². The Kier molecular flexibility index (Phi) is 5.10. The lowest BCUT2D eigenvalue weighted by molar-refractivity contribution is -0.137. The quantitative estimate of drug-likeness (QED) is 0.679. The number of hydrogen-bond acceptors (Lipinski definition) is 2. The van der Waals surface area contributed by atoms with Gasteiger partial charge in [-0.3, -0.25) is 4.79 Å². The molecule has 9 heteroatoms. The number of rotatable bonds is 3. The predicted molar refractivity (Wildman–Crippen MR) is 67.9 cm³/mol. The molecule has 0 spiro atoms. The SMILES string of the molecule is CN(C)C=C(C(=O)Nc1ccccc1C(F)(F)F)C(F)(F)F. The molecule has 0 heterocycles. The molecule has 1 aromatic carbocycles. The third kappa shape index (κ3) is 4.68. The molecule has 0 aliphatic rings. The number of para-hydroxylation sites is 1. The molecule has 3 nitrogen and oxygen atoms in total. The van der Waals surface area contributed by atoms with Crippen LogP contribution in [0.2, 0.25) is 0 Å². The van der Waals surface area contributed by atoms with Gasteiger partial charge in [-0.2, -0.15) is 26.3 Å². The standard InChI is InChI=1S/C13H12F6N2O/c1-21(2)7-9(13(17,18)19)11(22)20-10-6-4-3-5-8(10)12(14,15)16/h3-7H,1-2H3,(H,20,22). The summed E-state index contributed by atoms with van der Waals surface area (Å²) in [5.41, 5.74) is -3.57. The molecule has 0 unspecified atom stereocenters. The van der Waals surface area contributed by atoms with Crippen LogP contribution in [0.3, 0.4) is 0 Å². The van der Waals surface area contributed by atoms with Crippen LogP contribution in [0.5, 0.6) is 0 Å². The van der Waals surface area contributed by atoms with E-state index >= 15 is 0 Å². The zero-order chi connectivity index (χ0) is 17.1. The molecule has 1 rings (SSSR count). The molecule has 1 aromatic rings. The maximum atomic E-state index is 12.8. The first kappa shape index (κ1) is 17.9. The van der Waals surface area contributed by atoms with Crippen molar-refractivity contribution in [1.82, 2.24) is 4.90 Å². The van der Waals surface area contributed by atoms with Gasteiger partial charge in [-0.1, -0.05) is 12.1 Å². The smallest absolute Gasteiger partial charge is 0.383 e. The van der Waals surface area contributed by atoms with Crippen molar-refractivity contribution in [2.75, 3.05) is 19.4 Å². The summed E-state index contributed by atoms with van der Waals surface area (Å²) in [5, 5.41) is 1.66. The van der Waals surface area contributed by atoms with Crippen molar-refractivity contribution in [3.05, 3.63) is 41.6 Å². The molecular formula is C13H12F6N2O. The summed E-state index contributed by atoms with van der Waals surface area (Å²) < 4.78 is 76.6. The van der Waals surface area contributed by atoms with Gasteiger partial charge in [-0.15, -0.1) is 0 Å². The highest BCUT2D eigenvalue weighted by atomic mass is 19.4. The minimum atomic E-state index is -5.00. The number of anilines is 1. The Morgan fingerprint density at radius 3 is 2.09 bits per heavy atom. The Hall–Kier alpha value is -2.19. The second kappa shape index (κ2) is 6.29. The van der Waals surface area contributed by atoms with Crippen LogP contribution in [-0.4, -0.2) is 31.1 Å². The average Bonchev–Trinajstić information content (AvgIpc) is 2.33. The number of carbonyl (C=O) groups excluding carboxylic acids is 1. The van der Waals surface area contributed by atoms with Gasteiger partial charge in [0, 0.05) is 20.3 Å². The van der Waals surface area contributed by atoms with Gasteiger partial charge in [0.1, 0.15) is 5.57 Å². The van der Waals surface area contributed by atoms with E-state index in [2.05, 4.69) is 0 Å². The zero-order valence-corrected chi connectivity index (χ0v) is 11.5. The van der Waals surface area contributed by atoms with Crippen LogP contribution >= 0.6 is 0 Å². The molecule has 0 aromatic heterocycles. The summed E-state index contributed by atoms with van der Waals surface area (Å²) in [6, 6.07) is 3.79. The number of amides is 1. The van der Waals surface area contributed by atoms with Crippen molar-refractivity contribution >= 4 is 11.6 Å². The first-order valence-electron chi connectivity index (χ1n) is 5.86. The van der Waals surface area contributed by atoms with Crippen molar-refractivity contribution in [3.63, 3.8) is 0 Å². The van der Waals surface area contributed by atoms with Crippen LogP contribution in [0.25, 0.3) is 0 Å². The van der Waals surface area contributed by atoms with Gasteiger partial charge in [0.2, 0.25) is 0 Å². The Labute approximate surface area is 122 Å². The molecule has 0 saturated heterocycles. The second-order valence-electron chi connectivity index (χ2n) is 4.50. The Morgan fingerprint density at radius 2 is 1.64 bits per heavy atom. The lowest BCUT2D eigenvalue weighted by Crippen LogP contribution is -2.28. The predicted octanol–water partition coefficient (Wildman–Crippen LogP) is 3.65. The van der Waals surface area contributed by atoms with Gasteiger partial charge < -0.3 is 10.2 Å². The van der Waals surface area contributed by atoms with E-state index in [0.717, 1.165) is 17.0 Å². The fraction of sp³-hybridized carbons (Fsp3) is 0.308.